The monoisotopic (exact) mass is 257 g/mol. The van der Waals surface area contributed by atoms with Crippen molar-refractivity contribution in [3.8, 4) is 5.75 Å². The minimum absolute atomic E-state index is 0.246. The summed E-state index contributed by atoms with van der Waals surface area (Å²) in [6.45, 7) is 5.56. The van der Waals surface area contributed by atoms with Gasteiger partial charge in [0, 0.05) is 6.04 Å². The van der Waals surface area contributed by atoms with Crippen molar-refractivity contribution in [2.24, 2.45) is 0 Å². The van der Waals surface area contributed by atoms with E-state index in [0.29, 0.717) is 10.8 Å². The number of hydrogen-bond acceptors (Lipinski definition) is 3. The predicted molar refractivity (Wildman–Crippen MR) is 70.7 cm³/mol. The van der Waals surface area contributed by atoms with Crippen LogP contribution in [0.5, 0.6) is 5.75 Å². The van der Waals surface area contributed by atoms with Gasteiger partial charge in [-0.2, -0.15) is 0 Å². The number of benzene rings is 1. The molecule has 0 heterocycles. The molecule has 0 aliphatic carbocycles. The van der Waals surface area contributed by atoms with Crippen LogP contribution in [0.2, 0.25) is 5.02 Å². The molecule has 4 heteroatoms. The number of ether oxygens (including phenoxy) is 1. The zero-order valence-electron chi connectivity index (χ0n) is 10.7. The lowest BCUT2D eigenvalue weighted by atomic mass is 10.1. The third kappa shape index (κ3) is 3.87. The van der Waals surface area contributed by atoms with E-state index in [1.54, 1.807) is 6.92 Å². The van der Waals surface area contributed by atoms with Crippen molar-refractivity contribution in [3.63, 3.8) is 0 Å². The van der Waals surface area contributed by atoms with Crippen molar-refractivity contribution in [1.82, 2.24) is 5.32 Å². The van der Waals surface area contributed by atoms with Gasteiger partial charge in [0.2, 0.25) is 0 Å². The summed E-state index contributed by atoms with van der Waals surface area (Å²) in [6, 6.07) is 5.93. The molecule has 0 saturated heterocycles. The van der Waals surface area contributed by atoms with Crippen LogP contribution in [0.4, 0.5) is 0 Å². The summed E-state index contributed by atoms with van der Waals surface area (Å²) in [4.78, 5) is 0. The van der Waals surface area contributed by atoms with Crippen molar-refractivity contribution >= 4 is 11.6 Å². The summed E-state index contributed by atoms with van der Waals surface area (Å²) in [5.41, 5.74) is 1.11. The number of aliphatic hydroxyl groups is 1. The Morgan fingerprint density at radius 3 is 2.41 bits per heavy atom. The Hall–Kier alpha value is -0.770. The van der Waals surface area contributed by atoms with Gasteiger partial charge < -0.3 is 15.2 Å². The van der Waals surface area contributed by atoms with Crippen LogP contribution < -0.4 is 10.1 Å². The van der Waals surface area contributed by atoms with E-state index in [1.165, 1.54) is 0 Å². The minimum Gasteiger partial charge on any atom is -0.486 e. The number of halogens is 1. The van der Waals surface area contributed by atoms with E-state index in [0.717, 1.165) is 5.56 Å². The SMILES string of the molecule is CNC(C)c1ccc(OC(C)C(C)O)c(Cl)c1. The van der Waals surface area contributed by atoms with E-state index in [4.69, 9.17) is 16.3 Å². The molecule has 96 valence electrons. The molecule has 0 aromatic heterocycles. The molecule has 2 N–H and O–H groups in total. The van der Waals surface area contributed by atoms with Crippen LogP contribution in [0.3, 0.4) is 0 Å². The van der Waals surface area contributed by atoms with Crippen LogP contribution in [-0.2, 0) is 0 Å². The van der Waals surface area contributed by atoms with Crippen molar-refractivity contribution in [3.05, 3.63) is 28.8 Å². The molecule has 0 spiro atoms. The average Bonchev–Trinajstić information content (AvgIpc) is 2.30. The molecule has 0 bridgehead atoms. The molecule has 1 aromatic carbocycles. The maximum absolute atomic E-state index is 9.38. The first-order valence-corrected chi connectivity index (χ1v) is 6.15. The largest absolute Gasteiger partial charge is 0.486 e. The first kappa shape index (κ1) is 14.3. The second-order valence-electron chi connectivity index (χ2n) is 4.26. The van der Waals surface area contributed by atoms with Gasteiger partial charge in [-0.1, -0.05) is 17.7 Å². The second-order valence-corrected chi connectivity index (χ2v) is 4.67. The highest BCUT2D eigenvalue weighted by atomic mass is 35.5. The molecule has 3 nitrogen and oxygen atoms in total. The molecule has 0 amide bonds. The Balaban J connectivity index is 2.83. The van der Waals surface area contributed by atoms with E-state index in [2.05, 4.69) is 12.2 Å². The number of rotatable bonds is 5. The molecule has 0 aliphatic rings. The zero-order valence-corrected chi connectivity index (χ0v) is 11.5. The van der Waals surface area contributed by atoms with Crippen LogP contribution in [0.1, 0.15) is 32.4 Å². The Morgan fingerprint density at radius 1 is 1.29 bits per heavy atom. The highest BCUT2D eigenvalue weighted by Gasteiger charge is 2.13. The maximum Gasteiger partial charge on any atom is 0.138 e. The molecule has 1 aromatic rings. The summed E-state index contributed by atoms with van der Waals surface area (Å²) in [7, 11) is 1.90. The molecule has 17 heavy (non-hydrogen) atoms. The van der Waals surface area contributed by atoms with Gasteiger partial charge in [-0.3, -0.25) is 0 Å². The first-order valence-electron chi connectivity index (χ1n) is 5.77. The van der Waals surface area contributed by atoms with E-state index in [-0.39, 0.29) is 12.1 Å². The average molecular weight is 258 g/mol. The second kappa shape index (κ2) is 6.24. The quantitative estimate of drug-likeness (QED) is 0.852. The highest BCUT2D eigenvalue weighted by molar-refractivity contribution is 6.32. The molecule has 0 radical (unpaired) electrons. The van der Waals surface area contributed by atoms with Gasteiger partial charge in [-0.15, -0.1) is 0 Å². The Bertz CT molecular complexity index is 368. The van der Waals surface area contributed by atoms with Crippen LogP contribution in [0, 0.1) is 0 Å². The molecule has 1 rings (SSSR count). The molecular weight excluding hydrogens is 238 g/mol. The number of aliphatic hydroxyl groups excluding tert-OH is 1. The Labute approximate surface area is 108 Å². The zero-order chi connectivity index (χ0) is 13.0. The fourth-order valence-corrected chi connectivity index (χ4v) is 1.58. The molecule has 0 aliphatic heterocycles. The number of hydrogen-bond donors (Lipinski definition) is 2. The molecule has 0 fully saturated rings. The minimum atomic E-state index is -0.526. The standard InChI is InChI=1S/C13H20ClNO2/c1-8(15-4)11-5-6-13(12(14)7-11)17-10(3)9(2)16/h5-10,15-16H,1-4H3. The lowest BCUT2D eigenvalue weighted by Gasteiger charge is -2.19. The molecular formula is C13H20ClNO2. The third-order valence-corrected chi connectivity index (χ3v) is 3.18. The molecule has 3 atom stereocenters. The van der Waals surface area contributed by atoms with Gasteiger partial charge in [-0.05, 0) is 45.5 Å². The van der Waals surface area contributed by atoms with Crippen molar-refractivity contribution in [1.29, 1.82) is 0 Å². The van der Waals surface area contributed by atoms with Crippen LogP contribution in [0.15, 0.2) is 18.2 Å². The third-order valence-electron chi connectivity index (χ3n) is 2.88. The fourth-order valence-electron chi connectivity index (χ4n) is 1.35. The topological polar surface area (TPSA) is 41.5 Å². The number of nitrogens with one attached hydrogen (secondary N) is 1. The van der Waals surface area contributed by atoms with E-state index >= 15 is 0 Å². The lowest BCUT2D eigenvalue weighted by molar-refractivity contribution is 0.0605. The fraction of sp³-hybridized carbons (Fsp3) is 0.538. The van der Waals surface area contributed by atoms with Crippen molar-refractivity contribution < 1.29 is 9.84 Å². The molecule has 0 saturated carbocycles. The summed E-state index contributed by atoms with van der Waals surface area (Å²) in [6.07, 6.45) is -0.804. The highest BCUT2D eigenvalue weighted by Crippen LogP contribution is 2.28. The summed E-state index contributed by atoms with van der Waals surface area (Å²) in [5, 5.41) is 13.1. The summed E-state index contributed by atoms with van der Waals surface area (Å²) >= 11 is 6.14. The summed E-state index contributed by atoms with van der Waals surface area (Å²) in [5.74, 6) is 0.604. The lowest BCUT2D eigenvalue weighted by Crippen LogP contribution is -2.25. The Kier molecular flexibility index (Phi) is 5.25. The smallest absolute Gasteiger partial charge is 0.138 e. The summed E-state index contributed by atoms with van der Waals surface area (Å²) < 4.78 is 5.57. The van der Waals surface area contributed by atoms with Gasteiger partial charge in [0.25, 0.3) is 0 Å². The van der Waals surface area contributed by atoms with Crippen LogP contribution in [-0.4, -0.2) is 24.4 Å². The van der Waals surface area contributed by atoms with Gasteiger partial charge in [0.1, 0.15) is 11.9 Å². The van der Waals surface area contributed by atoms with Crippen LogP contribution >= 0.6 is 11.6 Å². The Morgan fingerprint density at radius 2 is 1.94 bits per heavy atom. The van der Waals surface area contributed by atoms with Crippen molar-refractivity contribution in [2.45, 2.75) is 39.0 Å². The maximum atomic E-state index is 9.38. The van der Waals surface area contributed by atoms with E-state index in [1.807, 2.05) is 32.2 Å². The normalized spacial score (nSPS) is 16.4. The predicted octanol–water partition coefficient (Wildman–Crippen LogP) is 2.77. The van der Waals surface area contributed by atoms with Gasteiger partial charge in [-0.25, -0.2) is 0 Å². The van der Waals surface area contributed by atoms with Gasteiger partial charge >= 0.3 is 0 Å². The first-order chi connectivity index (χ1) is 7.95. The van der Waals surface area contributed by atoms with E-state index in [9.17, 15) is 5.11 Å². The van der Waals surface area contributed by atoms with Crippen molar-refractivity contribution in [2.75, 3.05) is 7.05 Å². The van der Waals surface area contributed by atoms with Gasteiger partial charge in [0.05, 0.1) is 11.1 Å². The van der Waals surface area contributed by atoms with Crippen LogP contribution in [0.25, 0.3) is 0 Å². The molecule has 3 unspecified atom stereocenters. The van der Waals surface area contributed by atoms with E-state index < -0.39 is 6.10 Å². The van der Waals surface area contributed by atoms with Gasteiger partial charge in [0.15, 0.2) is 0 Å².